The Morgan fingerprint density at radius 2 is 1.96 bits per heavy atom. The molecule has 7 heteroatoms. The highest BCUT2D eigenvalue weighted by molar-refractivity contribution is 7.99. The zero-order chi connectivity index (χ0) is 19.3. The summed E-state index contributed by atoms with van der Waals surface area (Å²) in [5.41, 5.74) is 4.89. The van der Waals surface area contributed by atoms with Gasteiger partial charge in [0.1, 0.15) is 10.5 Å². The van der Waals surface area contributed by atoms with E-state index in [-0.39, 0.29) is 11.7 Å². The van der Waals surface area contributed by atoms with Gasteiger partial charge in [0.05, 0.1) is 11.4 Å². The van der Waals surface area contributed by atoms with E-state index in [0.29, 0.717) is 18.2 Å². The fourth-order valence-electron chi connectivity index (χ4n) is 2.67. The van der Waals surface area contributed by atoms with Crippen molar-refractivity contribution in [1.29, 1.82) is 0 Å². The van der Waals surface area contributed by atoms with Gasteiger partial charge in [0.2, 0.25) is 5.91 Å². The maximum atomic E-state index is 12.1. The number of para-hydroxylation sites is 2. The Balaban J connectivity index is 1.23. The summed E-state index contributed by atoms with van der Waals surface area (Å²) in [6, 6.07) is 15.9. The molecule has 0 aliphatic carbocycles. The number of thioether (sulfide) groups is 1. The number of amides is 1. The SMILES string of the molecule is Cc1ccc(-c2nc(CCNC(=O)CSc3nc4ccccc4o3)cs2)cc1. The van der Waals surface area contributed by atoms with Gasteiger partial charge in [-0.2, -0.15) is 0 Å². The Kier molecular flexibility index (Phi) is 5.73. The van der Waals surface area contributed by atoms with Gasteiger partial charge in [-0.15, -0.1) is 11.3 Å². The molecule has 2 aromatic carbocycles. The van der Waals surface area contributed by atoms with Crippen LogP contribution in [0.5, 0.6) is 0 Å². The topological polar surface area (TPSA) is 68.0 Å². The first-order chi connectivity index (χ1) is 13.7. The predicted molar refractivity (Wildman–Crippen MR) is 114 cm³/mol. The normalized spacial score (nSPS) is 11.0. The average molecular weight is 410 g/mol. The molecule has 4 rings (SSSR count). The van der Waals surface area contributed by atoms with Crippen LogP contribution in [0.4, 0.5) is 0 Å². The van der Waals surface area contributed by atoms with Gasteiger partial charge in [-0.25, -0.2) is 9.97 Å². The van der Waals surface area contributed by atoms with Crippen molar-refractivity contribution in [3.63, 3.8) is 0 Å². The lowest BCUT2D eigenvalue weighted by Crippen LogP contribution is -2.27. The largest absolute Gasteiger partial charge is 0.431 e. The maximum Gasteiger partial charge on any atom is 0.257 e. The number of thiazole rings is 1. The summed E-state index contributed by atoms with van der Waals surface area (Å²) < 4.78 is 5.61. The highest BCUT2D eigenvalue weighted by Crippen LogP contribution is 2.24. The van der Waals surface area contributed by atoms with Gasteiger partial charge in [0, 0.05) is 23.9 Å². The number of rotatable bonds is 7. The Hall–Kier alpha value is -2.64. The second-order valence-corrected chi connectivity index (χ2v) is 8.13. The van der Waals surface area contributed by atoms with Crippen LogP contribution in [-0.4, -0.2) is 28.2 Å². The highest BCUT2D eigenvalue weighted by Gasteiger charge is 2.09. The molecule has 1 amide bonds. The third-order valence-electron chi connectivity index (χ3n) is 4.15. The van der Waals surface area contributed by atoms with Crippen molar-refractivity contribution in [2.45, 2.75) is 18.6 Å². The minimum atomic E-state index is -0.0405. The van der Waals surface area contributed by atoms with Gasteiger partial charge >= 0.3 is 0 Å². The molecule has 0 spiro atoms. The van der Waals surface area contributed by atoms with Gasteiger partial charge in [-0.05, 0) is 19.1 Å². The molecular formula is C21H19N3O2S2. The van der Waals surface area contributed by atoms with Gasteiger partial charge in [0.15, 0.2) is 5.58 Å². The molecule has 0 radical (unpaired) electrons. The summed E-state index contributed by atoms with van der Waals surface area (Å²) in [6.07, 6.45) is 0.710. The molecule has 0 saturated heterocycles. The van der Waals surface area contributed by atoms with Gasteiger partial charge < -0.3 is 9.73 Å². The number of carbonyl (C=O) groups excluding carboxylic acids is 1. The van der Waals surface area contributed by atoms with Crippen molar-refractivity contribution in [2.75, 3.05) is 12.3 Å². The summed E-state index contributed by atoms with van der Waals surface area (Å²) in [6.45, 7) is 2.63. The van der Waals surface area contributed by atoms with Crippen LogP contribution in [0, 0.1) is 6.92 Å². The molecule has 142 valence electrons. The molecule has 2 heterocycles. The lowest BCUT2D eigenvalue weighted by atomic mass is 10.2. The van der Waals surface area contributed by atoms with E-state index >= 15 is 0 Å². The van der Waals surface area contributed by atoms with Gasteiger partial charge in [-0.3, -0.25) is 4.79 Å². The van der Waals surface area contributed by atoms with Crippen LogP contribution in [0.3, 0.4) is 0 Å². The second kappa shape index (κ2) is 8.58. The van der Waals surface area contributed by atoms with E-state index in [1.54, 1.807) is 11.3 Å². The number of oxazole rings is 1. The summed E-state index contributed by atoms with van der Waals surface area (Å²) in [5.74, 6) is 0.236. The smallest absolute Gasteiger partial charge is 0.257 e. The Labute approximate surface area is 171 Å². The number of nitrogens with zero attached hydrogens (tertiary/aromatic N) is 2. The molecular weight excluding hydrogens is 390 g/mol. The van der Waals surface area contributed by atoms with E-state index in [0.717, 1.165) is 27.4 Å². The van der Waals surface area contributed by atoms with Crippen molar-refractivity contribution in [3.8, 4) is 10.6 Å². The van der Waals surface area contributed by atoms with Crippen LogP contribution in [0.1, 0.15) is 11.3 Å². The molecule has 0 atom stereocenters. The lowest BCUT2D eigenvalue weighted by molar-refractivity contribution is -0.118. The van der Waals surface area contributed by atoms with Crippen molar-refractivity contribution in [1.82, 2.24) is 15.3 Å². The molecule has 28 heavy (non-hydrogen) atoms. The molecule has 0 saturated carbocycles. The summed E-state index contributed by atoms with van der Waals surface area (Å²) in [4.78, 5) is 21.1. The van der Waals surface area contributed by atoms with Crippen LogP contribution in [0.25, 0.3) is 21.7 Å². The molecule has 5 nitrogen and oxygen atoms in total. The summed E-state index contributed by atoms with van der Waals surface area (Å²) in [7, 11) is 0. The molecule has 0 aliphatic heterocycles. The third kappa shape index (κ3) is 4.61. The van der Waals surface area contributed by atoms with Crippen molar-refractivity contribution < 1.29 is 9.21 Å². The Bertz CT molecular complexity index is 1050. The number of aromatic nitrogens is 2. The predicted octanol–water partition coefficient (Wildman–Crippen LogP) is 4.71. The number of nitrogens with one attached hydrogen (secondary N) is 1. The van der Waals surface area contributed by atoms with E-state index in [1.807, 2.05) is 24.3 Å². The van der Waals surface area contributed by atoms with Crippen molar-refractivity contribution >= 4 is 40.1 Å². The molecule has 0 fully saturated rings. The number of hydrogen-bond donors (Lipinski definition) is 1. The standard InChI is InChI=1S/C21H19N3O2S2/c1-14-6-8-15(9-7-14)20-23-16(12-27-20)10-11-22-19(25)13-28-21-24-17-4-2-3-5-18(17)26-21/h2-9,12H,10-11,13H2,1H3,(H,22,25). The number of aryl methyl sites for hydroxylation is 1. The molecule has 2 aromatic heterocycles. The van der Waals surface area contributed by atoms with Crippen molar-refractivity contribution in [3.05, 3.63) is 65.2 Å². The Morgan fingerprint density at radius 3 is 2.79 bits per heavy atom. The first kappa shape index (κ1) is 18.7. The molecule has 0 aliphatic rings. The average Bonchev–Trinajstić information content (AvgIpc) is 3.33. The first-order valence-corrected chi connectivity index (χ1v) is 10.8. The minimum absolute atomic E-state index is 0.0405. The van der Waals surface area contributed by atoms with Crippen LogP contribution in [0.2, 0.25) is 0 Å². The van der Waals surface area contributed by atoms with E-state index < -0.39 is 0 Å². The molecule has 4 aromatic rings. The second-order valence-electron chi connectivity index (χ2n) is 6.35. The van der Waals surface area contributed by atoms with E-state index in [1.165, 1.54) is 17.3 Å². The van der Waals surface area contributed by atoms with Crippen LogP contribution in [-0.2, 0) is 11.2 Å². The molecule has 1 N–H and O–H groups in total. The summed E-state index contributed by atoms with van der Waals surface area (Å²) >= 11 is 2.93. The molecule has 0 bridgehead atoms. The number of benzene rings is 2. The number of fused-ring (bicyclic) bond motifs is 1. The van der Waals surface area contributed by atoms with E-state index in [9.17, 15) is 4.79 Å². The number of hydrogen-bond acceptors (Lipinski definition) is 6. The minimum Gasteiger partial charge on any atom is -0.431 e. The maximum absolute atomic E-state index is 12.1. The third-order valence-corrected chi connectivity index (χ3v) is 5.92. The van der Waals surface area contributed by atoms with Gasteiger partial charge in [-0.1, -0.05) is 53.7 Å². The number of carbonyl (C=O) groups is 1. The van der Waals surface area contributed by atoms with Crippen LogP contribution >= 0.6 is 23.1 Å². The van der Waals surface area contributed by atoms with Gasteiger partial charge in [0.25, 0.3) is 5.22 Å². The van der Waals surface area contributed by atoms with Crippen LogP contribution in [0.15, 0.2) is 63.6 Å². The van der Waals surface area contributed by atoms with Crippen molar-refractivity contribution in [2.24, 2.45) is 0 Å². The highest BCUT2D eigenvalue weighted by atomic mass is 32.2. The monoisotopic (exact) mass is 409 g/mol. The zero-order valence-electron chi connectivity index (χ0n) is 15.3. The van der Waals surface area contributed by atoms with E-state index in [4.69, 9.17) is 4.42 Å². The molecule has 0 unspecified atom stereocenters. The van der Waals surface area contributed by atoms with E-state index in [2.05, 4.69) is 51.9 Å². The summed E-state index contributed by atoms with van der Waals surface area (Å²) in [5, 5.41) is 6.50. The fourth-order valence-corrected chi connectivity index (χ4v) is 4.20. The zero-order valence-corrected chi connectivity index (χ0v) is 17.0. The first-order valence-electron chi connectivity index (χ1n) is 8.94. The Morgan fingerprint density at radius 1 is 1.14 bits per heavy atom. The van der Waals surface area contributed by atoms with Crippen LogP contribution < -0.4 is 5.32 Å². The lowest BCUT2D eigenvalue weighted by Gasteiger charge is -2.02. The fraction of sp³-hybridized carbons (Fsp3) is 0.190. The quantitative estimate of drug-likeness (QED) is 0.448.